The molecule has 2 fully saturated rings. The minimum absolute atomic E-state index is 0.0916. The lowest BCUT2D eigenvalue weighted by Gasteiger charge is -2.40. The van der Waals surface area contributed by atoms with Crippen molar-refractivity contribution in [3.8, 4) is 0 Å². The van der Waals surface area contributed by atoms with Crippen LogP contribution in [0.15, 0.2) is 54.6 Å². The van der Waals surface area contributed by atoms with E-state index < -0.39 is 60.3 Å². The van der Waals surface area contributed by atoms with Gasteiger partial charge in [0, 0.05) is 25.3 Å². The molecular formula is C33H46O10. The van der Waals surface area contributed by atoms with Gasteiger partial charge in [0.25, 0.3) is 0 Å². The van der Waals surface area contributed by atoms with Gasteiger partial charge >= 0.3 is 17.9 Å². The topological polar surface area (TPSA) is 149 Å². The van der Waals surface area contributed by atoms with Crippen LogP contribution in [-0.2, 0) is 39.8 Å². The Morgan fingerprint density at radius 1 is 1.12 bits per heavy atom. The molecule has 2 saturated heterocycles. The monoisotopic (exact) mass is 602 g/mol. The molecule has 43 heavy (non-hydrogen) atoms. The van der Waals surface area contributed by atoms with Crippen molar-refractivity contribution in [2.24, 2.45) is 17.8 Å². The number of aliphatic carboxylic acids is 1. The van der Waals surface area contributed by atoms with Crippen LogP contribution >= 0.6 is 0 Å². The van der Waals surface area contributed by atoms with Gasteiger partial charge < -0.3 is 34.3 Å². The summed E-state index contributed by atoms with van der Waals surface area (Å²) >= 11 is 0. The second kappa shape index (κ2) is 15.1. The van der Waals surface area contributed by atoms with Gasteiger partial charge in [-0.15, -0.1) is 0 Å². The first-order valence-electron chi connectivity index (χ1n) is 15.0. The highest BCUT2D eigenvalue weighted by Crippen LogP contribution is 2.45. The molecule has 0 aromatic heterocycles. The average molecular weight is 603 g/mol. The van der Waals surface area contributed by atoms with Crippen molar-refractivity contribution < 1.29 is 48.7 Å². The lowest BCUT2D eigenvalue weighted by Crippen LogP contribution is -2.56. The summed E-state index contributed by atoms with van der Waals surface area (Å²) in [6, 6.07) is 9.71. The third-order valence-corrected chi connectivity index (χ3v) is 8.33. The predicted molar refractivity (Wildman–Crippen MR) is 158 cm³/mol. The van der Waals surface area contributed by atoms with E-state index in [1.165, 1.54) is 13.0 Å². The number of carboxylic acids is 1. The van der Waals surface area contributed by atoms with Gasteiger partial charge in [-0.2, -0.15) is 0 Å². The molecule has 1 aromatic carbocycles. The summed E-state index contributed by atoms with van der Waals surface area (Å²) in [5, 5.41) is 31.8. The van der Waals surface area contributed by atoms with Crippen LogP contribution < -0.4 is 0 Å². The van der Waals surface area contributed by atoms with Crippen LogP contribution in [-0.4, -0.2) is 75.6 Å². The van der Waals surface area contributed by atoms with Crippen molar-refractivity contribution >= 4 is 17.9 Å². The molecule has 1 aromatic rings. The molecule has 10 nitrogen and oxygen atoms in total. The normalized spacial score (nSPS) is 29.4. The number of allylic oxidation sites excluding steroid dienone is 1. The Kier molecular flexibility index (Phi) is 12.1. The Hall–Kier alpha value is -3.05. The van der Waals surface area contributed by atoms with Crippen LogP contribution in [0.2, 0.25) is 0 Å². The first kappa shape index (κ1) is 34.4. The third-order valence-electron chi connectivity index (χ3n) is 8.33. The Morgan fingerprint density at radius 2 is 1.79 bits per heavy atom. The summed E-state index contributed by atoms with van der Waals surface area (Å²) in [5.74, 6) is -4.14. The minimum Gasteiger partial charge on any atom is -0.479 e. The number of esters is 2. The van der Waals surface area contributed by atoms with E-state index >= 15 is 0 Å². The van der Waals surface area contributed by atoms with Crippen molar-refractivity contribution in [3.05, 3.63) is 60.2 Å². The first-order valence-corrected chi connectivity index (χ1v) is 15.0. The van der Waals surface area contributed by atoms with Crippen LogP contribution in [0.3, 0.4) is 0 Å². The fourth-order valence-electron chi connectivity index (χ4n) is 5.86. The van der Waals surface area contributed by atoms with E-state index in [0.717, 1.165) is 18.4 Å². The summed E-state index contributed by atoms with van der Waals surface area (Å²) in [4.78, 5) is 36.7. The Labute approximate surface area is 253 Å². The number of hydrogen-bond acceptors (Lipinski definition) is 9. The maximum atomic E-state index is 12.7. The molecule has 2 aliphatic heterocycles. The van der Waals surface area contributed by atoms with Crippen molar-refractivity contribution in [2.75, 3.05) is 0 Å². The quantitative estimate of drug-likeness (QED) is 0.153. The molecule has 2 heterocycles. The molecule has 0 aliphatic carbocycles. The van der Waals surface area contributed by atoms with Gasteiger partial charge in [0.1, 0.15) is 24.4 Å². The number of fused-ring (bicyclic) bond motifs is 2. The van der Waals surface area contributed by atoms with Crippen LogP contribution in [0, 0.1) is 17.8 Å². The van der Waals surface area contributed by atoms with Crippen LogP contribution in [0.5, 0.6) is 0 Å². The van der Waals surface area contributed by atoms with E-state index in [9.17, 15) is 29.7 Å². The Balaban J connectivity index is 1.76. The molecule has 0 saturated carbocycles. The number of benzene rings is 1. The summed E-state index contributed by atoms with van der Waals surface area (Å²) in [6.07, 6.45) is -2.89. The van der Waals surface area contributed by atoms with Gasteiger partial charge in [-0.05, 0) is 42.2 Å². The molecular weight excluding hydrogens is 556 g/mol. The number of aliphatic hydroxyl groups is 2. The zero-order valence-electron chi connectivity index (χ0n) is 25.7. The highest BCUT2D eigenvalue weighted by Gasteiger charge is 2.66. The molecule has 10 atom stereocenters. The number of ether oxygens (including phenoxy) is 4. The molecule has 0 spiro atoms. The summed E-state index contributed by atoms with van der Waals surface area (Å²) in [6.45, 7) is 13.6. The maximum absolute atomic E-state index is 12.7. The van der Waals surface area contributed by atoms with Gasteiger partial charge in [0.2, 0.25) is 0 Å². The minimum atomic E-state index is -1.90. The molecule has 0 unspecified atom stereocenters. The smallest absolute Gasteiger partial charge is 0.335 e. The average Bonchev–Trinajstić information content (AvgIpc) is 3.18. The van der Waals surface area contributed by atoms with E-state index in [1.54, 1.807) is 6.08 Å². The van der Waals surface area contributed by atoms with Crippen LogP contribution in [0.25, 0.3) is 0 Å². The third kappa shape index (κ3) is 8.75. The van der Waals surface area contributed by atoms with Gasteiger partial charge in [0.15, 0.2) is 18.0 Å². The van der Waals surface area contributed by atoms with Crippen LogP contribution in [0.4, 0.5) is 0 Å². The zero-order valence-corrected chi connectivity index (χ0v) is 25.7. The van der Waals surface area contributed by atoms with Gasteiger partial charge in [-0.1, -0.05) is 77.1 Å². The second-order valence-corrected chi connectivity index (χ2v) is 12.0. The predicted octanol–water partition coefficient (Wildman–Crippen LogP) is 3.97. The molecule has 0 radical (unpaired) electrons. The van der Waals surface area contributed by atoms with E-state index in [4.69, 9.17) is 18.9 Å². The number of aliphatic hydroxyl groups excluding tert-OH is 2. The number of carbonyl (C=O) groups excluding carboxylic acids is 2. The fraction of sp³-hybridized carbons (Fsp3) is 0.606. The van der Waals surface area contributed by atoms with Crippen molar-refractivity contribution in [2.45, 2.75) is 109 Å². The summed E-state index contributed by atoms with van der Waals surface area (Å²) < 4.78 is 22.8. The molecule has 238 valence electrons. The number of hydrogen-bond donors (Lipinski definition) is 3. The second-order valence-electron chi connectivity index (χ2n) is 12.0. The van der Waals surface area contributed by atoms with Crippen LogP contribution in [0.1, 0.15) is 65.9 Å². The number of rotatable bonds is 15. The van der Waals surface area contributed by atoms with Crippen molar-refractivity contribution in [3.63, 3.8) is 0 Å². The fourth-order valence-corrected chi connectivity index (χ4v) is 5.86. The van der Waals surface area contributed by atoms with E-state index in [2.05, 4.69) is 20.4 Å². The summed E-state index contributed by atoms with van der Waals surface area (Å²) in [5.41, 5.74) is 1.57. The summed E-state index contributed by atoms with van der Waals surface area (Å²) in [7, 11) is 0. The van der Waals surface area contributed by atoms with E-state index in [0.29, 0.717) is 17.9 Å². The first-order chi connectivity index (χ1) is 20.3. The van der Waals surface area contributed by atoms with E-state index in [-0.39, 0.29) is 24.7 Å². The Bertz CT molecular complexity index is 1150. The molecule has 2 bridgehead atoms. The van der Waals surface area contributed by atoms with Gasteiger partial charge in [0.05, 0.1) is 0 Å². The lowest BCUT2D eigenvalue weighted by atomic mass is 9.88. The lowest BCUT2D eigenvalue weighted by molar-refractivity contribution is -0.332. The van der Waals surface area contributed by atoms with E-state index in [1.807, 2.05) is 44.2 Å². The standard InChI is InChI=1S/C33H46O10/c1-7-19(2)17-20(3)13-14-25(35)41-30-28-26(36)29(32(38)39)43-33(42-28,31(30)37)16-15-21(4)27(40-23(6)34)22(5)18-24-11-9-8-10-12-24/h8-14,19-20,22,26-31,36-37H,4,7,15-18H2,1-3,5-6H3,(H,38,39)/t19-,20+,22+,26+,27+,28-,29+,30-,31+,33+/m0/s1. The maximum Gasteiger partial charge on any atom is 0.335 e. The molecule has 3 rings (SSSR count). The molecule has 2 aliphatic rings. The molecule has 10 heteroatoms. The number of carboxylic acid groups (broad SMARTS) is 1. The molecule has 0 amide bonds. The van der Waals surface area contributed by atoms with Gasteiger partial charge in [-0.25, -0.2) is 9.59 Å². The van der Waals surface area contributed by atoms with Crippen molar-refractivity contribution in [1.82, 2.24) is 0 Å². The van der Waals surface area contributed by atoms with Crippen molar-refractivity contribution in [1.29, 1.82) is 0 Å². The zero-order chi connectivity index (χ0) is 31.9. The Morgan fingerprint density at radius 3 is 2.40 bits per heavy atom. The molecule has 3 N–H and O–H groups in total. The number of carbonyl (C=O) groups is 3. The highest BCUT2D eigenvalue weighted by molar-refractivity contribution is 5.82. The largest absolute Gasteiger partial charge is 0.479 e. The highest BCUT2D eigenvalue weighted by atomic mass is 16.8. The SMILES string of the molecule is C=C(CC[C@@]12O[C@@H]([C@@H](O)[C@H](C(=O)O)O1)[C@H](OC(=O)C=C[C@@H](C)C[C@@H](C)CC)[C@H]2O)[C@@H](OC(C)=O)[C@H](C)Cc1ccccc1. The van der Waals surface area contributed by atoms with Gasteiger partial charge in [-0.3, -0.25) is 4.79 Å².